The molecule has 164 valence electrons. The Labute approximate surface area is 183 Å². The smallest absolute Gasteiger partial charge is 0.337 e. The molecule has 1 fully saturated rings. The quantitative estimate of drug-likeness (QED) is 0.507. The Morgan fingerprint density at radius 2 is 2.26 bits per heavy atom. The Morgan fingerprint density at radius 1 is 1.42 bits per heavy atom. The normalized spacial score (nSPS) is 16.1. The molecule has 1 atom stereocenters. The van der Waals surface area contributed by atoms with Gasteiger partial charge in [-0.1, -0.05) is 11.3 Å². The lowest BCUT2D eigenvalue weighted by molar-refractivity contribution is -0.116. The molecule has 0 aliphatic carbocycles. The number of carbonyl (C=O) groups excluding carboxylic acids is 1. The van der Waals surface area contributed by atoms with Crippen molar-refractivity contribution >= 4 is 49.9 Å². The fourth-order valence-electron chi connectivity index (χ4n) is 3.26. The molecule has 1 amide bonds. The number of carboxylic acids is 1. The van der Waals surface area contributed by atoms with E-state index < -0.39 is 17.4 Å². The van der Waals surface area contributed by atoms with Gasteiger partial charge in [-0.05, 0) is 12.8 Å². The number of nitrogens with one attached hydrogen (secondary N) is 1. The van der Waals surface area contributed by atoms with E-state index in [0.29, 0.717) is 27.4 Å². The van der Waals surface area contributed by atoms with E-state index in [-0.39, 0.29) is 36.6 Å². The number of hydrogen-bond acceptors (Lipinski definition) is 10. The molecule has 1 unspecified atom stereocenters. The minimum atomic E-state index is -1.22. The van der Waals surface area contributed by atoms with Crippen LogP contribution >= 0.6 is 22.7 Å². The molecule has 2 N–H and O–H groups in total. The first kappa shape index (κ1) is 21.5. The van der Waals surface area contributed by atoms with Gasteiger partial charge in [0.15, 0.2) is 0 Å². The number of ether oxygens (including phenoxy) is 2. The number of methoxy groups -OCH3 is 1. The van der Waals surface area contributed by atoms with Crippen LogP contribution in [-0.2, 0) is 27.2 Å². The predicted molar refractivity (Wildman–Crippen MR) is 113 cm³/mol. The number of amides is 1. The summed E-state index contributed by atoms with van der Waals surface area (Å²) in [5, 5.41) is 22.4. The summed E-state index contributed by atoms with van der Waals surface area (Å²) in [6.07, 6.45) is 2.00. The van der Waals surface area contributed by atoms with E-state index >= 15 is 0 Å². The van der Waals surface area contributed by atoms with E-state index in [4.69, 9.17) is 9.47 Å². The van der Waals surface area contributed by atoms with Crippen molar-refractivity contribution in [2.45, 2.75) is 31.9 Å². The third-order valence-electron chi connectivity index (χ3n) is 4.73. The largest absolute Gasteiger partial charge is 0.478 e. The maximum atomic E-state index is 13.1. The van der Waals surface area contributed by atoms with Crippen LogP contribution in [0.5, 0.6) is 0 Å². The zero-order valence-corrected chi connectivity index (χ0v) is 18.1. The number of fused-ring (bicyclic) bond motifs is 1. The van der Waals surface area contributed by atoms with Gasteiger partial charge in [0.1, 0.15) is 28.3 Å². The number of rotatable bonds is 8. The van der Waals surface area contributed by atoms with Gasteiger partial charge in [0, 0.05) is 25.5 Å². The van der Waals surface area contributed by atoms with Crippen LogP contribution in [-0.4, -0.2) is 57.1 Å². The number of nitrogens with zero attached hydrogens (tertiary/aromatic N) is 4. The van der Waals surface area contributed by atoms with Crippen LogP contribution in [0.4, 0.5) is 5.13 Å². The molecular formula is C18H19N5O6S2. The number of thiophene rings is 1. The Hall–Kier alpha value is -2.74. The highest BCUT2D eigenvalue weighted by Crippen LogP contribution is 2.31. The lowest BCUT2D eigenvalue weighted by Gasteiger charge is -2.12. The summed E-state index contributed by atoms with van der Waals surface area (Å²) in [7, 11) is 1.52. The van der Waals surface area contributed by atoms with Crippen LogP contribution in [0.1, 0.15) is 40.1 Å². The van der Waals surface area contributed by atoms with Crippen LogP contribution in [0.3, 0.4) is 0 Å². The molecule has 3 aromatic heterocycles. The average molecular weight is 466 g/mol. The molecule has 0 bridgehead atoms. The Morgan fingerprint density at radius 3 is 2.97 bits per heavy atom. The summed E-state index contributed by atoms with van der Waals surface area (Å²) in [5.74, 6) is -1.38. The third-order valence-corrected chi connectivity index (χ3v) is 6.53. The maximum absolute atomic E-state index is 13.1. The van der Waals surface area contributed by atoms with Crippen LogP contribution < -0.4 is 10.9 Å². The van der Waals surface area contributed by atoms with Crippen molar-refractivity contribution in [1.82, 2.24) is 19.7 Å². The molecule has 0 spiro atoms. The van der Waals surface area contributed by atoms with E-state index in [1.807, 2.05) is 0 Å². The summed E-state index contributed by atoms with van der Waals surface area (Å²) in [4.78, 5) is 41.9. The van der Waals surface area contributed by atoms with Gasteiger partial charge in [-0.15, -0.1) is 21.5 Å². The zero-order chi connectivity index (χ0) is 22.0. The number of aromatic nitrogens is 4. The zero-order valence-electron chi connectivity index (χ0n) is 16.5. The van der Waals surface area contributed by atoms with Gasteiger partial charge in [0.05, 0.1) is 17.6 Å². The summed E-state index contributed by atoms with van der Waals surface area (Å²) in [6, 6.07) is 0. The molecule has 11 nitrogen and oxygen atoms in total. The second kappa shape index (κ2) is 9.18. The lowest BCUT2D eigenvalue weighted by atomic mass is 10.2. The van der Waals surface area contributed by atoms with Crippen molar-refractivity contribution < 1.29 is 24.2 Å². The van der Waals surface area contributed by atoms with Gasteiger partial charge in [-0.3, -0.25) is 19.5 Å². The molecule has 4 heterocycles. The minimum absolute atomic E-state index is 0.0111. The number of anilines is 1. The highest BCUT2D eigenvalue weighted by Gasteiger charge is 2.23. The Kier molecular flexibility index (Phi) is 6.36. The Bertz CT molecular complexity index is 1180. The predicted octanol–water partition coefficient (Wildman–Crippen LogP) is 1.69. The second-order valence-corrected chi connectivity index (χ2v) is 8.66. The topological polar surface area (TPSA) is 146 Å². The van der Waals surface area contributed by atoms with E-state index in [1.54, 1.807) is 0 Å². The number of carboxylic acid groups (broad SMARTS) is 1. The fourth-order valence-corrected chi connectivity index (χ4v) is 5.03. The lowest BCUT2D eigenvalue weighted by Crippen LogP contribution is -2.32. The maximum Gasteiger partial charge on any atom is 0.337 e. The molecule has 31 heavy (non-hydrogen) atoms. The summed E-state index contributed by atoms with van der Waals surface area (Å²) < 4.78 is 11.8. The number of hydrogen-bond donors (Lipinski definition) is 2. The van der Waals surface area contributed by atoms with Gasteiger partial charge >= 0.3 is 5.97 Å². The molecule has 1 saturated heterocycles. The summed E-state index contributed by atoms with van der Waals surface area (Å²) in [6.45, 7) is 0.623. The van der Waals surface area contributed by atoms with Crippen molar-refractivity contribution in [3.8, 4) is 0 Å². The first-order valence-electron chi connectivity index (χ1n) is 9.46. The molecule has 1 aliphatic rings. The molecule has 1 aliphatic heterocycles. The summed E-state index contributed by atoms with van der Waals surface area (Å²) in [5.41, 5.74) is -0.711. The molecule has 4 rings (SSSR count). The highest BCUT2D eigenvalue weighted by atomic mass is 32.1. The van der Waals surface area contributed by atoms with Gasteiger partial charge in [0.25, 0.3) is 5.56 Å². The first-order chi connectivity index (χ1) is 15.0. The molecule has 0 aromatic carbocycles. The van der Waals surface area contributed by atoms with Crippen molar-refractivity contribution in [3.05, 3.63) is 32.1 Å². The van der Waals surface area contributed by atoms with Gasteiger partial charge < -0.3 is 14.6 Å². The highest BCUT2D eigenvalue weighted by molar-refractivity contribution is 7.17. The monoisotopic (exact) mass is 465 g/mol. The van der Waals surface area contributed by atoms with Crippen LogP contribution in [0.25, 0.3) is 10.2 Å². The van der Waals surface area contributed by atoms with Crippen molar-refractivity contribution in [2.75, 3.05) is 25.6 Å². The molecule has 3 aromatic rings. The van der Waals surface area contributed by atoms with Crippen LogP contribution in [0.2, 0.25) is 0 Å². The average Bonchev–Trinajstić information content (AvgIpc) is 3.48. The van der Waals surface area contributed by atoms with Crippen LogP contribution in [0.15, 0.2) is 10.2 Å². The van der Waals surface area contributed by atoms with E-state index in [1.165, 1.54) is 28.4 Å². The standard InChI is InChI=1S/C18H19N5O6S2/c1-28-6-4-11-19-15-13(9(8-30-15)17(26)27)16(25)23(11)7-12(24)20-18-22-21-14(31-18)10-3-2-5-29-10/h8,10H,2-7H2,1H3,(H,26,27)(H,20,22,24). The third kappa shape index (κ3) is 4.49. The minimum Gasteiger partial charge on any atom is -0.478 e. The van der Waals surface area contributed by atoms with Gasteiger partial charge in [-0.25, -0.2) is 9.78 Å². The van der Waals surface area contributed by atoms with E-state index in [9.17, 15) is 19.5 Å². The molecule has 13 heteroatoms. The molecule has 0 saturated carbocycles. The molecule has 0 radical (unpaired) electrons. The molecular weight excluding hydrogens is 446 g/mol. The van der Waals surface area contributed by atoms with E-state index in [2.05, 4.69) is 20.5 Å². The second-order valence-electron chi connectivity index (χ2n) is 6.79. The van der Waals surface area contributed by atoms with Crippen LogP contribution in [0, 0.1) is 0 Å². The van der Waals surface area contributed by atoms with E-state index in [0.717, 1.165) is 24.2 Å². The van der Waals surface area contributed by atoms with Crippen molar-refractivity contribution in [3.63, 3.8) is 0 Å². The van der Waals surface area contributed by atoms with Gasteiger partial charge in [-0.2, -0.15) is 0 Å². The Balaban J connectivity index is 1.60. The number of carbonyl (C=O) groups is 2. The summed E-state index contributed by atoms with van der Waals surface area (Å²) >= 11 is 2.30. The van der Waals surface area contributed by atoms with Crippen molar-refractivity contribution in [1.29, 1.82) is 0 Å². The fraction of sp³-hybridized carbons (Fsp3) is 0.444. The first-order valence-corrected chi connectivity index (χ1v) is 11.2. The number of aromatic carboxylic acids is 1. The van der Waals surface area contributed by atoms with Gasteiger partial charge in [0.2, 0.25) is 11.0 Å². The van der Waals surface area contributed by atoms with Crippen molar-refractivity contribution in [2.24, 2.45) is 0 Å². The SMILES string of the molecule is COCCc1nc2scc(C(=O)O)c2c(=O)n1CC(=O)Nc1nnc(C2CCCO2)s1.